The van der Waals surface area contributed by atoms with Gasteiger partial charge in [0.15, 0.2) is 5.75 Å². The minimum Gasteiger partial charge on any atom is -0.502 e. The molecule has 0 aliphatic heterocycles. The Hall–Kier alpha value is -1.66. The molecule has 1 unspecified atom stereocenters. The van der Waals surface area contributed by atoms with E-state index < -0.39 is 16.8 Å². The van der Waals surface area contributed by atoms with Crippen LogP contribution in [0.5, 0.6) is 5.75 Å². The molecule has 0 amide bonds. The number of aliphatic hydroxyl groups is 1. The second kappa shape index (κ2) is 5.99. The standard InChI is InChI=1S/C13H18N2O4/c16-12-7-9(5-6-11(12)15(18)19)13(17)8-14-10-3-1-2-4-10/h5-7,10,13-14,16-17H,1-4,8H2. The molecule has 0 radical (unpaired) electrons. The fourth-order valence-electron chi connectivity index (χ4n) is 2.43. The first-order valence-electron chi connectivity index (χ1n) is 6.46. The number of phenolic OH excluding ortho intramolecular Hbond substituents is 1. The normalized spacial score (nSPS) is 17.5. The Morgan fingerprint density at radius 3 is 2.68 bits per heavy atom. The molecular formula is C13H18N2O4. The molecule has 2 rings (SSSR count). The van der Waals surface area contributed by atoms with Crippen molar-refractivity contribution in [2.24, 2.45) is 0 Å². The summed E-state index contributed by atoms with van der Waals surface area (Å²) in [5.74, 6) is -0.414. The van der Waals surface area contributed by atoms with Crippen molar-refractivity contribution in [2.75, 3.05) is 6.54 Å². The van der Waals surface area contributed by atoms with Crippen LogP contribution in [0.4, 0.5) is 5.69 Å². The second-order valence-corrected chi connectivity index (χ2v) is 4.91. The molecule has 0 bridgehead atoms. The summed E-state index contributed by atoms with van der Waals surface area (Å²) in [5, 5.41) is 33.4. The third kappa shape index (κ3) is 3.42. The monoisotopic (exact) mass is 266 g/mol. The van der Waals surface area contributed by atoms with Crippen molar-refractivity contribution < 1.29 is 15.1 Å². The van der Waals surface area contributed by atoms with Crippen LogP contribution in [0.1, 0.15) is 37.4 Å². The van der Waals surface area contributed by atoms with Gasteiger partial charge in [-0.2, -0.15) is 0 Å². The maximum Gasteiger partial charge on any atom is 0.310 e. The van der Waals surface area contributed by atoms with Crippen LogP contribution in [0.2, 0.25) is 0 Å². The van der Waals surface area contributed by atoms with Crippen molar-refractivity contribution in [1.29, 1.82) is 0 Å². The molecule has 1 aromatic rings. The fraction of sp³-hybridized carbons (Fsp3) is 0.538. The maximum absolute atomic E-state index is 10.6. The molecule has 104 valence electrons. The molecule has 0 heterocycles. The van der Waals surface area contributed by atoms with Crippen LogP contribution >= 0.6 is 0 Å². The van der Waals surface area contributed by atoms with Gasteiger partial charge >= 0.3 is 5.69 Å². The van der Waals surface area contributed by atoms with Crippen LogP contribution in [0, 0.1) is 10.1 Å². The lowest BCUT2D eigenvalue weighted by molar-refractivity contribution is -0.385. The summed E-state index contributed by atoms with van der Waals surface area (Å²) in [4.78, 5) is 9.92. The molecule has 1 saturated carbocycles. The number of benzene rings is 1. The van der Waals surface area contributed by atoms with E-state index in [0.717, 1.165) is 12.8 Å². The summed E-state index contributed by atoms with van der Waals surface area (Å²) in [7, 11) is 0. The number of hydrogen-bond donors (Lipinski definition) is 3. The lowest BCUT2D eigenvalue weighted by Gasteiger charge is -2.16. The summed E-state index contributed by atoms with van der Waals surface area (Å²) < 4.78 is 0. The SMILES string of the molecule is O=[N+]([O-])c1ccc(C(O)CNC2CCCC2)cc1O. The summed E-state index contributed by atoms with van der Waals surface area (Å²) >= 11 is 0. The largest absolute Gasteiger partial charge is 0.502 e. The molecule has 19 heavy (non-hydrogen) atoms. The zero-order valence-electron chi connectivity index (χ0n) is 10.6. The van der Waals surface area contributed by atoms with Gasteiger partial charge in [0, 0.05) is 18.7 Å². The Labute approximate surface area is 111 Å². The van der Waals surface area contributed by atoms with Crippen LogP contribution in [-0.2, 0) is 0 Å². The summed E-state index contributed by atoms with van der Waals surface area (Å²) in [6.45, 7) is 0.391. The Balaban J connectivity index is 1.96. The fourth-order valence-corrected chi connectivity index (χ4v) is 2.43. The summed E-state index contributed by atoms with van der Waals surface area (Å²) in [6, 6.07) is 4.38. The van der Waals surface area contributed by atoms with Crippen molar-refractivity contribution >= 4 is 5.69 Å². The van der Waals surface area contributed by atoms with Crippen molar-refractivity contribution in [1.82, 2.24) is 5.32 Å². The Morgan fingerprint density at radius 2 is 2.11 bits per heavy atom. The lowest BCUT2D eigenvalue weighted by atomic mass is 10.1. The van der Waals surface area contributed by atoms with Crippen LogP contribution in [-0.4, -0.2) is 27.7 Å². The van der Waals surface area contributed by atoms with Crippen LogP contribution in [0.3, 0.4) is 0 Å². The number of aromatic hydroxyl groups is 1. The maximum atomic E-state index is 10.6. The number of nitrogens with one attached hydrogen (secondary N) is 1. The first-order chi connectivity index (χ1) is 9.08. The number of hydrogen-bond acceptors (Lipinski definition) is 5. The van der Waals surface area contributed by atoms with Gasteiger partial charge in [0.2, 0.25) is 0 Å². The van der Waals surface area contributed by atoms with E-state index in [1.54, 1.807) is 0 Å². The van der Waals surface area contributed by atoms with Crippen LogP contribution < -0.4 is 5.32 Å². The predicted molar refractivity (Wildman–Crippen MR) is 70.0 cm³/mol. The molecule has 3 N–H and O–H groups in total. The van der Waals surface area contributed by atoms with Crippen LogP contribution in [0.25, 0.3) is 0 Å². The Kier molecular flexibility index (Phi) is 4.34. The predicted octanol–water partition coefficient (Wildman–Crippen LogP) is 1.87. The molecule has 1 aliphatic rings. The van der Waals surface area contributed by atoms with Gasteiger partial charge in [0.25, 0.3) is 0 Å². The summed E-state index contributed by atoms with van der Waals surface area (Å²) in [6.07, 6.45) is 3.90. The average molecular weight is 266 g/mol. The van der Waals surface area contributed by atoms with E-state index in [4.69, 9.17) is 0 Å². The molecule has 1 aromatic carbocycles. The number of nitrogens with zero attached hydrogens (tertiary/aromatic N) is 1. The third-order valence-corrected chi connectivity index (χ3v) is 3.54. The Morgan fingerprint density at radius 1 is 1.42 bits per heavy atom. The van der Waals surface area contributed by atoms with E-state index in [1.165, 1.54) is 31.0 Å². The highest BCUT2D eigenvalue weighted by Gasteiger charge is 2.19. The first-order valence-corrected chi connectivity index (χ1v) is 6.46. The van der Waals surface area contributed by atoms with Crippen molar-refractivity contribution in [3.05, 3.63) is 33.9 Å². The minimum atomic E-state index is -0.771. The highest BCUT2D eigenvalue weighted by atomic mass is 16.6. The second-order valence-electron chi connectivity index (χ2n) is 4.91. The molecule has 0 saturated heterocycles. The van der Waals surface area contributed by atoms with Gasteiger partial charge in [0.1, 0.15) is 0 Å². The number of nitro groups is 1. The van der Waals surface area contributed by atoms with Crippen LogP contribution in [0.15, 0.2) is 18.2 Å². The van der Waals surface area contributed by atoms with E-state index in [1.807, 2.05) is 0 Å². The number of phenols is 1. The van der Waals surface area contributed by atoms with Gasteiger partial charge in [-0.1, -0.05) is 12.8 Å². The van der Waals surface area contributed by atoms with Crippen molar-refractivity contribution in [3.63, 3.8) is 0 Å². The minimum absolute atomic E-state index is 0.347. The smallest absolute Gasteiger partial charge is 0.310 e. The van der Waals surface area contributed by atoms with E-state index in [9.17, 15) is 20.3 Å². The molecule has 6 nitrogen and oxygen atoms in total. The molecular weight excluding hydrogens is 248 g/mol. The topological polar surface area (TPSA) is 95.6 Å². The zero-order valence-corrected chi connectivity index (χ0v) is 10.6. The van der Waals surface area contributed by atoms with E-state index >= 15 is 0 Å². The Bertz CT molecular complexity index is 458. The van der Waals surface area contributed by atoms with Crippen molar-refractivity contribution in [2.45, 2.75) is 37.8 Å². The number of rotatable bonds is 5. The van der Waals surface area contributed by atoms with Gasteiger partial charge < -0.3 is 15.5 Å². The molecule has 6 heteroatoms. The van der Waals surface area contributed by atoms with E-state index in [0.29, 0.717) is 18.2 Å². The van der Waals surface area contributed by atoms with Gasteiger partial charge in [-0.05, 0) is 30.5 Å². The van der Waals surface area contributed by atoms with Gasteiger partial charge in [-0.25, -0.2) is 0 Å². The van der Waals surface area contributed by atoms with Gasteiger partial charge in [-0.3, -0.25) is 10.1 Å². The number of nitro benzene ring substituents is 1. The zero-order chi connectivity index (χ0) is 13.8. The van der Waals surface area contributed by atoms with Crippen molar-refractivity contribution in [3.8, 4) is 5.75 Å². The quantitative estimate of drug-likeness (QED) is 0.558. The van der Waals surface area contributed by atoms with E-state index in [2.05, 4.69) is 5.32 Å². The summed E-state index contributed by atoms with van der Waals surface area (Å²) in [5.41, 5.74) is 0.133. The molecule has 1 atom stereocenters. The lowest BCUT2D eigenvalue weighted by Crippen LogP contribution is -2.30. The molecule has 1 fully saturated rings. The molecule has 0 spiro atoms. The first kappa shape index (κ1) is 13.8. The highest BCUT2D eigenvalue weighted by Crippen LogP contribution is 2.28. The highest BCUT2D eigenvalue weighted by molar-refractivity contribution is 5.47. The van der Waals surface area contributed by atoms with Gasteiger partial charge in [-0.15, -0.1) is 0 Å². The average Bonchev–Trinajstić information content (AvgIpc) is 2.88. The number of aliphatic hydroxyl groups excluding tert-OH is 1. The third-order valence-electron chi connectivity index (χ3n) is 3.54. The van der Waals surface area contributed by atoms with Gasteiger partial charge in [0.05, 0.1) is 11.0 Å². The molecule has 0 aromatic heterocycles. The van der Waals surface area contributed by atoms with E-state index in [-0.39, 0.29) is 5.69 Å². The molecule has 1 aliphatic carbocycles.